The monoisotopic (exact) mass is 426 g/mol. The first-order chi connectivity index (χ1) is 14.4. The summed E-state index contributed by atoms with van der Waals surface area (Å²) in [6.45, 7) is 1.90. The fourth-order valence-electron chi connectivity index (χ4n) is 3.41. The van der Waals surface area contributed by atoms with Crippen LogP contribution in [-0.4, -0.2) is 37.0 Å². The van der Waals surface area contributed by atoms with Crippen LogP contribution in [0.1, 0.15) is 23.6 Å². The quantitative estimate of drug-likeness (QED) is 0.649. The maximum Gasteiger partial charge on any atom is 0.263 e. The molecule has 1 atom stereocenters. The topological polar surface area (TPSA) is 94.8 Å². The van der Waals surface area contributed by atoms with Crippen molar-refractivity contribution in [3.63, 3.8) is 0 Å². The molecule has 2 aromatic heterocycles. The van der Waals surface area contributed by atoms with Gasteiger partial charge in [-0.1, -0.05) is 17.7 Å². The van der Waals surface area contributed by atoms with Crippen molar-refractivity contribution in [2.75, 3.05) is 18.9 Å². The zero-order chi connectivity index (χ0) is 21.3. The first-order valence-corrected chi connectivity index (χ1v) is 10.8. The summed E-state index contributed by atoms with van der Waals surface area (Å²) in [6.07, 6.45) is 9.67. The smallest absolute Gasteiger partial charge is 0.263 e. The molecule has 3 aromatic rings. The van der Waals surface area contributed by atoms with Crippen molar-refractivity contribution in [1.29, 1.82) is 0 Å². The molecule has 1 aliphatic carbocycles. The lowest BCUT2D eigenvalue weighted by Gasteiger charge is -2.20. The van der Waals surface area contributed by atoms with Crippen molar-refractivity contribution < 1.29 is 17.9 Å². The van der Waals surface area contributed by atoms with Crippen LogP contribution in [0.4, 0.5) is 5.82 Å². The Bertz CT molecular complexity index is 1240. The van der Waals surface area contributed by atoms with Crippen molar-refractivity contribution in [2.45, 2.75) is 24.2 Å². The van der Waals surface area contributed by atoms with Gasteiger partial charge in [-0.05, 0) is 37.6 Å². The number of benzene rings is 1. The van der Waals surface area contributed by atoms with E-state index in [1.165, 1.54) is 0 Å². The van der Waals surface area contributed by atoms with Crippen LogP contribution in [0, 0.1) is 6.92 Å². The predicted octanol–water partition coefficient (Wildman–Crippen LogP) is 3.39. The molecule has 2 heterocycles. The number of rotatable bonds is 6. The highest BCUT2D eigenvalue weighted by molar-refractivity contribution is 7.92. The Labute approximate surface area is 174 Å². The number of nitrogens with one attached hydrogen (secondary N) is 1. The molecule has 0 bridgehead atoms. The molecule has 1 aromatic carbocycles. The second kappa shape index (κ2) is 7.83. The molecule has 8 nitrogen and oxygen atoms in total. The highest BCUT2D eigenvalue weighted by Gasteiger charge is 2.23. The molecule has 0 saturated heterocycles. The highest BCUT2D eigenvalue weighted by atomic mass is 32.2. The minimum Gasteiger partial charge on any atom is -0.493 e. The summed E-state index contributed by atoms with van der Waals surface area (Å²) in [6, 6.07) is 6.63. The van der Waals surface area contributed by atoms with E-state index in [0.717, 1.165) is 11.3 Å². The predicted molar refractivity (Wildman–Crippen MR) is 113 cm³/mol. The summed E-state index contributed by atoms with van der Waals surface area (Å²) in [4.78, 5) is 8.80. The molecule has 0 radical (unpaired) electrons. The first-order valence-electron chi connectivity index (χ1n) is 9.34. The van der Waals surface area contributed by atoms with Gasteiger partial charge >= 0.3 is 0 Å². The van der Waals surface area contributed by atoms with E-state index in [-0.39, 0.29) is 16.6 Å². The largest absolute Gasteiger partial charge is 0.493 e. The SMILES string of the molecule is COC1=CCC(c2cnc3c(NS(=O)(=O)c4ccc(C)cc4)nccn23)C=C1OC. The molecule has 1 aliphatic rings. The molecule has 156 valence electrons. The lowest BCUT2D eigenvalue weighted by Crippen LogP contribution is -2.15. The zero-order valence-corrected chi connectivity index (χ0v) is 17.7. The second-order valence-electron chi connectivity index (χ2n) is 6.92. The van der Waals surface area contributed by atoms with E-state index in [9.17, 15) is 8.42 Å². The number of aromatic nitrogens is 3. The summed E-state index contributed by atoms with van der Waals surface area (Å²) in [5.41, 5.74) is 2.30. The number of sulfonamides is 1. The second-order valence-corrected chi connectivity index (χ2v) is 8.60. The third-order valence-corrected chi connectivity index (χ3v) is 6.35. The first kappa shape index (κ1) is 20.0. The van der Waals surface area contributed by atoms with E-state index in [1.54, 1.807) is 57.1 Å². The molecule has 4 rings (SSSR count). The number of aryl methyl sites for hydroxylation is 1. The summed E-state index contributed by atoms with van der Waals surface area (Å²) in [5.74, 6) is 1.51. The Hall–Kier alpha value is -3.33. The van der Waals surface area contributed by atoms with Gasteiger partial charge in [0.2, 0.25) is 0 Å². The van der Waals surface area contributed by atoms with Crippen molar-refractivity contribution in [2.24, 2.45) is 0 Å². The number of hydrogen-bond donors (Lipinski definition) is 1. The van der Waals surface area contributed by atoms with Gasteiger partial charge in [-0.25, -0.2) is 18.4 Å². The molecule has 30 heavy (non-hydrogen) atoms. The Morgan fingerprint density at radius 2 is 1.83 bits per heavy atom. The molecule has 0 fully saturated rings. The zero-order valence-electron chi connectivity index (χ0n) is 16.9. The summed E-state index contributed by atoms with van der Waals surface area (Å²) >= 11 is 0. The van der Waals surface area contributed by atoms with Crippen LogP contribution < -0.4 is 4.72 Å². The molecule has 9 heteroatoms. The number of imidazole rings is 1. The Balaban J connectivity index is 1.68. The Morgan fingerprint density at radius 3 is 2.53 bits per heavy atom. The van der Waals surface area contributed by atoms with Gasteiger partial charge in [0, 0.05) is 30.2 Å². The van der Waals surface area contributed by atoms with E-state index in [0.29, 0.717) is 23.6 Å². The minimum atomic E-state index is -3.78. The van der Waals surface area contributed by atoms with Crippen molar-refractivity contribution in [1.82, 2.24) is 14.4 Å². The highest BCUT2D eigenvalue weighted by Crippen LogP contribution is 2.32. The minimum absolute atomic E-state index is 0.00203. The molecule has 1 unspecified atom stereocenters. The molecule has 0 spiro atoms. The summed E-state index contributed by atoms with van der Waals surface area (Å²) in [7, 11) is -0.587. The van der Waals surface area contributed by atoms with Crippen LogP contribution in [0.25, 0.3) is 5.65 Å². The molecular weight excluding hydrogens is 404 g/mol. The Morgan fingerprint density at radius 1 is 1.10 bits per heavy atom. The maximum atomic E-state index is 12.8. The summed E-state index contributed by atoms with van der Waals surface area (Å²) < 4.78 is 40.7. The van der Waals surface area contributed by atoms with Crippen molar-refractivity contribution >= 4 is 21.5 Å². The van der Waals surface area contributed by atoms with E-state index < -0.39 is 10.0 Å². The van der Waals surface area contributed by atoms with Crippen molar-refractivity contribution in [3.05, 3.63) is 77.8 Å². The Kier molecular flexibility index (Phi) is 5.21. The molecule has 0 saturated carbocycles. The van der Waals surface area contributed by atoms with Gasteiger partial charge in [0.1, 0.15) is 0 Å². The normalized spacial score (nSPS) is 16.7. The van der Waals surface area contributed by atoms with Crippen LogP contribution >= 0.6 is 0 Å². The van der Waals surface area contributed by atoms with E-state index in [1.807, 2.05) is 23.5 Å². The molecular formula is C21H22N4O4S. The average molecular weight is 426 g/mol. The fourth-order valence-corrected chi connectivity index (χ4v) is 4.43. The maximum absolute atomic E-state index is 12.8. The number of nitrogens with zero attached hydrogens (tertiary/aromatic N) is 3. The van der Waals surface area contributed by atoms with Crippen molar-refractivity contribution in [3.8, 4) is 0 Å². The lowest BCUT2D eigenvalue weighted by atomic mass is 9.96. The fraction of sp³-hybridized carbons (Fsp3) is 0.238. The standard InChI is InChI=1S/C21H22N4O4S/c1-14-4-7-16(8-5-14)30(26,27)24-20-21-23-13-17(25(21)11-10-22-20)15-6-9-18(28-2)19(12-15)29-3/h4-5,7-13,15H,6H2,1-3H3,(H,22,24). The van der Waals surface area contributed by atoms with Crippen LogP contribution in [-0.2, 0) is 19.5 Å². The number of hydrogen-bond acceptors (Lipinski definition) is 6. The lowest BCUT2D eigenvalue weighted by molar-refractivity contribution is 0.214. The number of methoxy groups -OCH3 is 2. The van der Waals surface area contributed by atoms with Gasteiger partial charge in [0.15, 0.2) is 23.0 Å². The van der Waals surface area contributed by atoms with Gasteiger partial charge in [0.05, 0.1) is 19.1 Å². The number of anilines is 1. The summed E-state index contributed by atoms with van der Waals surface area (Å²) in [5, 5.41) is 0. The number of allylic oxidation sites excluding steroid dienone is 2. The van der Waals surface area contributed by atoms with Crippen LogP contribution in [0.2, 0.25) is 0 Å². The van der Waals surface area contributed by atoms with Crippen LogP contribution in [0.3, 0.4) is 0 Å². The van der Waals surface area contributed by atoms with Gasteiger partial charge < -0.3 is 9.47 Å². The number of ether oxygens (including phenoxy) is 2. The third kappa shape index (κ3) is 3.63. The van der Waals surface area contributed by atoms with E-state index in [4.69, 9.17) is 9.47 Å². The number of fused-ring (bicyclic) bond motifs is 1. The van der Waals surface area contributed by atoms with Gasteiger partial charge in [-0.3, -0.25) is 9.12 Å². The van der Waals surface area contributed by atoms with Crippen LogP contribution in [0.15, 0.2) is 71.4 Å². The molecule has 0 amide bonds. The van der Waals surface area contributed by atoms with Gasteiger partial charge in [-0.2, -0.15) is 0 Å². The van der Waals surface area contributed by atoms with E-state index in [2.05, 4.69) is 14.7 Å². The molecule has 0 aliphatic heterocycles. The molecule has 1 N–H and O–H groups in total. The van der Waals surface area contributed by atoms with Gasteiger partial charge in [0.25, 0.3) is 10.0 Å². The average Bonchev–Trinajstić information content (AvgIpc) is 3.18. The van der Waals surface area contributed by atoms with Crippen LogP contribution in [0.5, 0.6) is 0 Å². The van der Waals surface area contributed by atoms with Gasteiger partial charge in [-0.15, -0.1) is 0 Å². The van der Waals surface area contributed by atoms with E-state index >= 15 is 0 Å². The third-order valence-electron chi connectivity index (χ3n) is 4.99.